The van der Waals surface area contributed by atoms with Gasteiger partial charge in [-0.1, -0.05) is 0 Å². The summed E-state index contributed by atoms with van der Waals surface area (Å²) in [4.78, 5) is 6.25. The van der Waals surface area contributed by atoms with Crippen LogP contribution in [0.5, 0.6) is 0 Å². The minimum atomic E-state index is 0.245. The molecule has 1 aliphatic carbocycles. The van der Waals surface area contributed by atoms with Crippen LogP contribution in [0.1, 0.15) is 54.7 Å². The number of hydrogen-bond donors (Lipinski definition) is 2. The van der Waals surface area contributed by atoms with E-state index in [0.29, 0.717) is 12.1 Å². The van der Waals surface area contributed by atoms with Crippen molar-refractivity contribution in [2.45, 2.75) is 58.0 Å². The molecule has 0 radical (unpaired) electrons. The third-order valence-corrected chi connectivity index (χ3v) is 4.67. The minimum Gasteiger partial charge on any atom is -0.396 e. The Morgan fingerprint density at radius 3 is 2.82 bits per heavy atom. The molecule has 17 heavy (non-hydrogen) atoms. The molecule has 2 unspecified atom stereocenters. The summed E-state index contributed by atoms with van der Waals surface area (Å²) >= 11 is 1.87. The van der Waals surface area contributed by atoms with Crippen LogP contribution in [0.2, 0.25) is 0 Å². The summed E-state index contributed by atoms with van der Waals surface area (Å²) in [7, 11) is 0. The van der Waals surface area contributed by atoms with Crippen LogP contribution in [-0.2, 0) is 12.8 Å². The predicted molar refractivity (Wildman–Crippen MR) is 71.5 cm³/mol. The zero-order valence-electron chi connectivity index (χ0n) is 10.7. The molecule has 2 atom stereocenters. The maximum Gasteiger partial charge on any atom is 0.110 e. The van der Waals surface area contributed by atoms with E-state index in [4.69, 9.17) is 10.1 Å². The van der Waals surface area contributed by atoms with E-state index in [9.17, 15) is 0 Å². The standard InChI is InChI=1S/C13H22N2OS/c1-9(7-8-16)14-10(2)13-15-11-5-3-4-6-12(11)17-13/h9-10,14,16H,3-8H2,1-2H3. The molecule has 0 saturated heterocycles. The molecule has 0 fully saturated rings. The van der Waals surface area contributed by atoms with Crippen LogP contribution in [0.15, 0.2) is 0 Å². The van der Waals surface area contributed by atoms with Crippen molar-refractivity contribution in [2.75, 3.05) is 6.61 Å². The molecule has 1 aliphatic rings. The van der Waals surface area contributed by atoms with Crippen LogP contribution in [-0.4, -0.2) is 22.7 Å². The van der Waals surface area contributed by atoms with Crippen molar-refractivity contribution >= 4 is 11.3 Å². The molecule has 96 valence electrons. The summed E-state index contributed by atoms with van der Waals surface area (Å²) < 4.78 is 0. The highest BCUT2D eigenvalue weighted by Crippen LogP contribution is 2.29. The van der Waals surface area contributed by atoms with Gasteiger partial charge < -0.3 is 10.4 Å². The van der Waals surface area contributed by atoms with Gasteiger partial charge in [-0.05, 0) is 46.0 Å². The molecule has 0 aromatic carbocycles. The molecule has 1 aromatic heterocycles. The van der Waals surface area contributed by atoms with E-state index < -0.39 is 0 Å². The molecule has 0 saturated carbocycles. The van der Waals surface area contributed by atoms with E-state index >= 15 is 0 Å². The quantitative estimate of drug-likeness (QED) is 0.848. The largest absolute Gasteiger partial charge is 0.396 e. The number of aliphatic hydroxyl groups is 1. The third-order valence-electron chi connectivity index (χ3n) is 3.33. The molecular formula is C13H22N2OS. The fourth-order valence-corrected chi connectivity index (χ4v) is 3.50. The lowest BCUT2D eigenvalue weighted by molar-refractivity contribution is 0.264. The highest BCUT2D eigenvalue weighted by Gasteiger charge is 2.19. The lowest BCUT2D eigenvalue weighted by Gasteiger charge is -2.17. The molecule has 2 rings (SSSR count). The Balaban J connectivity index is 1.99. The lowest BCUT2D eigenvalue weighted by Crippen LogP contribution is -2.29. The Morgan fingerprint density at radius 2 is 2.12 bits per heavy atom. The second kappa shape index (κ2) is 5.94. The summed E-state index contributed by atoms with van der Waals surface area (Å²) in [5.74, 6) is 0. The number of fused-ring (bicyclic) bond motifs is 1. The van der Waals surface area contributed by atoms with Crippen molar-refractivity contribution in [1.82, 2.24) is 10.3 Å². The van der Waals surface area contributed by atoms with Gasteiger partial charge in [0.05, 0.1) is 11.7 Å². The molecule has 0 amide bonds. The topological polar surface area (TPSA) is 45.1 Å². The lowest BCUT2D eigenvalue weighted by atomic mass is 10.0. The van der Waals surface area contributed by atoms with Crippen LogP contribution in [0.25, 0.3) is 0 Å². The predicted octanol–water partition coefficient (Wildman–Crippen LogP) is 2.44. The number of nitrogens with one attached hydrogen (secondary N) is 1. The van der Waals surface area contributed by atoms with Gasteiger partial charge in [0.25, 0.3) is 0 Å². The van der Waals surface area contributed by atoms with Crippen LogP contribution in [0.3, 0.4) is 0 Å². The molecule has 1 heterocycles. The fourth-order valence-electron chi connectivity index (χ4n) is 2.33. The maximum atomic E-state index is 8.90. The fraction of sp³-hybridized carbons (Fsp3) is 0.769. The van der Waals surface area contributed by atoms with Gasteiger partial charge >= 0.3 is 0 Å². The first-order valence-electron chi connectivity index (χ1n) is 6.56. The number of hydrogen-bond acceptors (Lipinski definition) is 4. The molecule has 0 spiro atoms. The van der Waals surface area contributed by atoms with Crippen molar-refractivity contribution in [2.24, 2.45) is 0 Å². The molecule has 2 N–H and O–H groups in total. The average molecular weight is 254 g/mol. The Morgan fingerprint density at radius 1 is 1.35 bits per heavy atom. The van der Waals surface area contributed by atoms with E-state index in [1.54, 1.807) is 0 Å². The van der Waals surface area contributed by atoms with Gasteiger partial charge in [-0.25, -0.2) is 4.98 Å². The molecular weight excluding hydrogens is 232 g/mol. The van der Waals surface area contributed by atoms with Crippen LogP contribution >= 0.6 is 11.3 Å². The van der Waals surface area contributed by atoms with E-state index in [1.807, 2.05) is 11.3 Å². The van der Waals surface area contributed by atoms with Crippen molar-refractivity contribution < 1.29 is 5.11 Å². The van der Waals surface area contributed by atoms with Gasteiger partial charge in [-0.3, -0.25) is 0 Å². The molecule has 1 aromatic rings. The monoisotopic (exact) mass is 254 g/mol. The number of aliphatic hydroxyl groups excluding tert-OH is 1. The molecule has 0 bridgehead atoms. The summed E-state index contributed by atoms with van der Waals surface area (Å²) in [6.45, 7) is 4.52. The molecule has 4 heteroatoms. The number of aryl methyl sites for hydroxylation is 2. The van der Waals surface area contributed by atoms with Gasteiger partial charge in [0.2, 0.25) is 0 Å². The second-order valence-electron chi connectivity index (χ2n) is 4.93. The number of aromatic nitrogens is 1. The molecule has 3 nitrogen and oxygen atoms in total. The normalized spacial score (nSPS) is 18.8. The van der Waals surface area contributed by atoms with E-state index in [0.717, 1.165) is 12.8 Å². The van der Waals surface area contributed by atoms with Crippen LogP contribution in [0.4, 0.5) is 0 Å². The summed E-state index contributed by atoms with van der Waals surface area (Å²) in [6.07, 6.45) is 5.78. The summed E-state index contributed by atoms with van der Waals surface area (Å²) in [5.41, 5.74) is 1.33. The van der Waals surface area contributed by atoms with Crippen molar-refractivity contribution in [3.8, 4) is 0 Å². The smallest absolute Gasteiger partial charge is 0.110 e. The third kappa shape index (κ3) is 3.27. The van der Waals surface area contributed by atoms with Crippen LogP contribution < -0.4 is 5.32 Å². The second-order valence-corrected chi connectivity index (χ2v) is 6.05. The first kappa shape index (κ1) is 13.0. The van der Waals surface area contributed by atoms with Crippen molar-refractivity contribution in [1.29, 1.82) is 0 Å². The maximum absolute atomic E-state index is 8.90. The highest BCUT2D eigenvalue weighted by molar-refractivity contribution is 7.11. The zero-order chi connectivity index (χ0) is 12.3. The minimum absolute atomic E-state index is 0.245. The Bertz CT molecular complexity index is 341. The van der Waals surface area contributed by atoms with Gasteiger partial charge in [0.15, 0.2) is 0 Å². The SMILES string of the molecule is CC(CCO)NC(C)c1nc2c(s1)CCCC2. The van der Waals surface area contributed by atoms with Gasteiger partial charge in [-0.15, -0.1) is 11.3 Å². The summed E-state index contributed by atoms with van der Waals surface area (Å²) in [6, 6.07) is 0.642. The number of nitrogens with zero attached hydrogens (tertiary/aromatic N) is 1. The first-order valence-corrected chi connectivity index (χ1v) is 7.37. The Kier molecular flexibility index (Phi) is 4.54. The van der Waals surface area contributed by atoms with E-state index in [1.165, 1.54) is 34.8 Å². The van der Waals surface area contributed by atoms with Crippen molar-refractivity contribution in [3.63, 3.8) is 0 Å². The van der Waals surface area contributed by atoms with Crippen molar-refractivity contribution in [3.05, 3.63) is 15.6 Å². The van der Waals surface area contributed by atoms with E-state index in [2.05, 4.69) is 19.2 Å². The van der Waals surface area contributed by atoms with E-state index in [-0.39, 0.29) is 6.61 Å². The number of rotatable bonds is 5. The summed E-state index contributed by atoms with van der Waals surface area (Å²) in [5, 5.41) is 13.6. The first-order chi connectivity index (χ1) is 8.20. The Hall–Kier alpha value is -0.450. The van der Waals surface area contributed by atoms with Gasteiger partial charge in [0.1, 0.15) is 5.01 Å². The van der Waals surface area contributed by atoms with Crippen LogP contribution in [0, 0.1) is 0 Å². The zero-order valence-corrected chi connectivity index (χ0v) is 11.5. The number of thiazole rings is 1. The van der Waals surface area contributed by atoms with Gasteiger partial charge in [0, 0.05) is 17.5 Å². The van der Waals surface area contributed by atoms with Gasteiger partial charge in [-0.2, -0.15) is 0 Å². The highest BCUT2D eigenvalue weighted by atomic mass is 32.1. The average Bonchev–Trinajstić information content (AvgIpc) is 2.72. The Labute approximate surface area is 107 Å². The molecule has 0 aliphatic heterocycles.